The highest BCUT2D eigenvalue weighted by Crippen LogP contribution is 2.30. The molecule has 31 heavy (non-hydrogen) atoms. The Kier molecular flexibility index (Phi) is 7.33. The first-order valence-corrected chi connectivity index (χ1v) is 10.1. The summed E-state index contributed by atoms with van der Waals surface area (Å²) in [6.07, 6.45) is 6.75. The van der Waals surface area contributed by atoms with Gasteiger partial charge in [0.15, 0.2) is 11.5 Å². The molecule has 0 bridgehead atoms. The number of ether oxygens (including phenoxy) is 2. The summed E-state index contributed by atoms with van der Waals surface area (Å²) in [5.74, 6) is -0.514. The number of amides is 1. The van der Waals surface area contributed by atoms with E-state index in [0.29, 0.717) is 22.8 Å². The average molecular weight is 424 g/mol. The van der Waals surface area contributed by atoms with Gasteiger partial charge >= 0.3 is 5.97 Å². The summed E-state index contributed by atoms with van der Waals surface area (Å²) in [5, 5.41) is 21.3. The number of hydrogen-bond acceptors (Lipinski definition) is 6. The van der Waals surface area contributed by atoms with Gasteiger partial charge in [0.2, 0.25) is 5.76 Å². The summed E-state index contributed by atoms with van der Waals surface area (Å²) >= 11 is 0. The predicted molar refractivity (Wildman–Crippen MR) is 112 cm³/mol. The number of methoxy groups -OCH3 is 1. The van der Waals surface area contributed by atoms with Gasteiger partial charge in [-0.05, 0) is 48.7 Å². The van der Waals surface area contributed by atoms with E-state index in [0.717, 1.165) is 25.7 Å². The number of aromatic carboxylic acids is 1. The molecule has 8 heteroatoms. The number of carbonyl (C=O) groups is 2. The molecule has 0 saturated heterocycles. The molecule has 1 aliphatic carbocycles. The molecule has 1 heterocycles. The highest BCUT2D eigenvalue weighted by atomic mass is 16.5. The van der Waals surface area contributed by atoms with Crippen LogP contribution >= 0.6 is 0 Å². The highest BCUT2D eigenvalue weighted by molar-refractivity contribution is 6.01. The first-order valence-electron chi connectivity index (χ1n) is 10.1. The van der Waals surface area contributed by atoms with Crippen LogP contribution in [0.15, 0.2) is 40.3 Å². The number of carboxylic acid groups (broad SMARTS) is 1. The molecule has 1 fully saturated rings. The van der Waals surface area contributed by atoms with E-state index in [1.807, 2.05) is 6.07 Å². The number of hydrogen-bond donors (Lipinski definition) is 2. The van der Waals surface area contributed by atoms with Crippen molar-refractivity contribution in [2.24, 2.45) is 0 Å². The number of benzene rings is 1. The van der Waals surface area contributed by atoms with Crippen LogP contribution in [0.2, 0.25) is 0 Å². The van der Waals surface area contributed by atoms with Crippen molar-refractivity contribution in [3.63, 3.8) is 0 Å². The Hall–Kier alpha value is -3.73. The van der Waals surface area contributed by atoms with Gasteiger partial charge < -0.3 is 24.3 Å². The van der Waals surface area contributed by atoms with Gasteiger partial charge in [-0.15, -0.1) is 0 Å². The van der Waals surface area contributed by atoms with Gasteiger partial charge in [0.05, 0.1) is 7.11 Å². The van der Waals surface area contributed by atoms with E-state index in [2.05, 4.69) is 5.32 Å². The topological polar surface area (TPSA) is 122 Å². The molecule has 0 radical (unpaired) electrons. The Balaban J connectivity index is 1.69. The quantitative estimate of drug-likeness (QED) is 0.486. The minimum Gasteiger partial charge on any atom is -0.493 e. The Labute approximate surface area is 180 Å². The first-order chi connectivity index (χ1) is 15.0. The minimum atomic E-state index is -1.15. The molecular formula is C23H24N2O6. The number of nitrogens with one attached hydrogen (secondary N) is 1. The largest absolute Gasteiger partial charge is 0.493 e. The molecule has 1 aromatic heterocycles. The van der Waals surface area contributed by atoms with Crippen LogP contribution in [0.5, 0.6) is 11.5 Å². The minimum absolute atomic E-state index is 0.0199. The van der Waals surface area contributed by atoms with Gasteiger partial charge in [0.25, 0.3) is 5.91 Å². The van der Waals surface area contributed by atoms with Crippen LogP contribution in [0, 0.1) is 11.3 Å². The molecule has 1 aromatic carbocycles. The van der Waals surface area contributed by atoms with Crippen LogP contribution in [-0.4, -0.2) is 30.1 Å². The molecule has 0 atom stereocenters. The van der Waals surface area contributed by atoms with Crippen molar-refractivity contribution in [2.45, 2.75) is 44.8 Å². The zero-order valence-corrected chi connectivity index (χ0v) is 17.2. The van der Waals surface area contributed by atoms with Crippen molar-refractivity contribution in [2.75, 3.05) is 7.11 Å². The van der Waals surface area contributed by atoms with Gasteiger partial charge in [-0.2, -0.15) is 5.26 Å². The van der Waals surface area contributed by atoms with E-state index in [9.17, 15) is 14.9 Å². The first kappa shape index (κ1) is 22.0. The van der Waals surface area contributed by atoms with Crippen LogP contribution in [0.3, 0.4) is 0 Å². The second-order valence-electron chi connectivity index (χ2n) is 7.25. The average Bonchev–Trinajstić information content (AvgIpc) is 3.26. The van der Waals surface area contributed by atoms with Crippen LogP contribution in [0.1, 0.15) is 54.0 Å². The number of nitriles is 1. The Morgan fingerprint density at radius 1 is 1.23 bits per heavy atom. The summed E-state index contributed by atoms with van der Waals surface area (Å²) in [6.45, 7) is 0.0199. The third-order valence-electron chi connectivity index (χ3n) is 5.05. The third-order valence-corrected chi connectivity index (χ3v) is 5.05. The second-order valence-corrected chi connectivity index (χ2v) is 7.25. The smallest absolute Gasteiger partial charge is 0.371 e. The van der Waals surface area contributed by atoms with Crippen molar-refractivity contribution < 1.29 is 28.6 Å². The third kappa shape index (κ3) is 5.89. The van der Waals surface area contributed by atoms with Crippen LogP contribution in [-0.2, 0) is 11.4 Å². The summed E-state index contributed by atoms with van der Waals surface area (Å²) < 4.78 is 16.2. The number of furan rings is 1. The SMILES string of the molecule is COc1cc(/C=C(/C#N)C(=O)NC2CCCCC2)ccc1OCc1ccc(C(=O)O)o1. The van der Waals surface area contributed by atoms with E-state index < -0.39 is 5.97 Å². The van der Waals surface area contributed by atoms with Gasteiger partial charge in [-0.1, -0.05) is 25.3 Å². The van der Waals surface area contributed by atoms with Crippen molar-refractivity contribution in [1.82, 2.24) is 5.32 Å². The van der Waals surface area contributed by atoms with E-state index in [1.165, 1.54) is 31.7 Å². The molecule has 1 aliphatic rings. The Morgan fingerprint density at radius 3 is 2.65 bits per heavy atom. The van der Waals surface area contributed by atoms with E-state index in [1.54, 1.807) is 18.2 Å². The normalized spacial score (nSPS) is 14.5. The standard InChI is InChI=1S/C23H24N2O6/c1-29-21-12-15(11-16(13-24)22(26)25-17-5-3-2-4-6-17)7-9-19(21)30-14-18-8-10-20(31-18)23(27)28/h7-12,17H,2-6,14H2,1H3,(H,25,26)(H,27,28)/b16-11-. The van der Waals surface area contributed by atoms with E-state index >= 15 is 0 Å². The Bertz CT molecular complexity index is 1010. The van der Waals surface area contributed by atoms with Gasteiger partial charge in [-0.25, -0.2) is 4.79 Å². The molecule has 1 saturated carbocycles. The fourth-order valence-electron chi connectivity index (χ4n) is 3.44. The lowest BCUT2D eigenvalue weighted by atomic mass is 9.95. The molecule has 0 spiro atoms. The molecule has 2 N–H and O–H groups in total. The number of carboxylic acids is 1. The maximum Gasteiger partial charge on any atom is 0.371 e. The summed E-state index contributed by atoms with van der Waals surface area (Å²) in [5.41, 5.74) is 0.642. The van der Waals surface area contributed by atoms with E-state index in [-0.39, 0.29) is 29.9 Å². The fourth-order valence-corrected chi connectivity index (χ4v) is 3.44. The fraction of sp³-hybridized carbons (Fsp3) is 0.348. The van der Waals surface area contributed by atoms with Crippen molar-refractivity contribution in [3.8, 4) is 17.6 Å². The number of nitrogens with zero attached hydrogens (tertiary/aromatic N) is 1. The van der Waals surface area contributed by atoms with Gasteiger partial charge in [0, 0.05) is 6.04 Å². The lowest BCUT2D eigenvalue weighted by Gasteiger charge is -2.22. The van der Waals surface area contributed by atoms with E-state index in [4.69, 9.17) is 19.0 Å². The maximum atomic E-state index is 12.5. The second kappa shape index (κ2) is 10.3. The zero-order valence-electron chi connectivity index (χ0n) is 17.2. The molecule has 1 amide bonds. The molecule has 162 valence electrons. The summed E-state index contributed by atoms with van der Waals surface area (Å²) in [6, 6.07) is 9.98. The van der Waals surface area contributed by atoms with Crippen molar-refractivity contribution in [1.29, 1.82) is 5.26 Å². The maximum absolute atomic E-state index is 12.5. The summed E-state index contributed by atoms with van der Waals surface area (Å²) in [4.78, 5) is 23.4. The van der Waals surface area contributed by atoms with Gasteiger partial charge in [0.1, 0.15) is 24.0 Å². The summed E-state index contributed by atoms with van der Waals surface area (Å²) in [7, 11) is 1.48. The van der Waals surface area contributed by atoms with Crippen LogP contribution < -0.4 is 14.8 Å². The number of carbonyl (C=O) groups excluding carboxylic acids is 1. The molecular weight excluding hydrogens is 400 g/mol. The van der Waals surface area contributed by atoms with Crippen molar-refractivity contribution >= 4 is 18.0 Å². The Morgan fingerprint density at radius 2 is 2.00 bits per heavy atom. The monoisotopic (exact) mass is 424 g/mol. The van der Waals surface area contributed by atoms with Gasteiger partial charge in [-0.3, -0.25) is 4.79 Å². The lowest BCUT2D eigenvalue weighted by molar-refractivity contribution is -0.117. The number of rotatable bonds is 8. The molecule has 0 unspecified atom stereocenters. The highest BCUT2D eigenvalue weighted by Gasteiger charge is 2.18. The predicted octanol–water partition coefficient (Wildman–Crippen LogP) is 3.92. The van der Waals surface area contributed by atoms with Crippen LogP contribution in [0.4, 0.5) is 0 Å². The molecule has 0 aliphatic heterocycles. The molecule has 8 nitrogen and oxygen atoms in total. The lowest BCUT2D eigenvalue weighted by Crippen LogP contribution is -2.36. The zero-order chi connectivity index (χ0) is 22.2. The van der Waals surface area contributed by atoms with Crippen LogP contribution in [0.25, 0.3) is 6.08 Å². The molecule has 2 aromatic rings. The van der Waals surface area contributed by atoms with Crippen molar-refractivity contribution in [3.05, 3.63) is 53.0 Å². The molecule has 3 rings (SSSR count).